The summed E-state index contributed by atoms with van der Waals surface area (Å²) in [6.45, 7) is 8.23. The fourth-order valence-corrected chi connectivity index (χ4v) is 5.29. The summed E-state index contributed by atoms with van der Waals surface area (Å²) in [7, 11) is 0. The van der Waals surface area contributed by atoms with Crippen molar-refractivity contribution in [2.45, 2.75) is 78.4 Å². The number of benzene rings is 2. The van der Waals surface area contributed by atoms with E-state index in [0.717, 1.165) is 23.9 Å². The van der Waals surface area contributed by atoms with E-state index in [0.29, 0.717) is 6.04 Å². The van der Waals surface area contributed by atoms with Crippen LogP contribution in [0, 0.1) is 20.8 Å². The summed E-state index contributed by atoms with van der Waals surface area (Å²) in [5.74, 6) is 0. The SMILES string of the molecule is Cc1ccc(Cn2cccc2CN(C(=S)Nc2ccccc2C)C2CCCCCC2)c(C)c1. The molecule has 0 aliphatic heterocycles. The monoisotopic (exact) mass is 459 g/mol. The molecule has 0 radical (unpaired) electrons. The highest BCUT2D eigenvalue weighted by Crippen LogP contribution is 2.26. The van der Waals surface area contributed by atoms with Crippen LogP contribution in [0.15, 0.2) is 60.8 Å². The minimum absolute atomic E-state index is 0.487. The topological polar surface area (TPSA) is 20.2 Å². The van der Waals surface area contributed by atoms with Crippen molar-refractivity contribution in [3.8, 4) is 0 Å². The van der Waals surface area contributed by atoms with Gasteiger partial charge in [-0.25, -0.2) is 0 Å². The van der Waals surface area contributed by atoms with Crippen molar-refractivity contribution in [3.63, 3.8) is 0 Å². The van der Waals surface area contributed by atoms with Crippen LogP contribution in [0.2, 0.25) is 0 Å². The van der Waals surface area contributed by atoms with Crippen molar-refractivity contribution in [3.05, 3.63) is 88.7 Å². The predicted octanol–water partition coefficient (Wildman–Crippen LogP) is 7.38. The molecule has 0 amide bonds. The first-order chi connectivity index (χ1) is 16.0. The first-order valence-electron chi connectivity index (χ1n) is 12.3. The van der Waals surface area contributed by atoms with Crippen LogP contribution in [0.4, 0.5) is 5.69 Å². The van der Waals surface area contributed by atoms with E-state index in [2.05, 4.69) is 96.3 Å². The van der Waals surface area contributed by atoms with Gasteiger partial charge in [-0.1, -0.05) is 67.6 Å². The molecule has 1 aliphatic rings. The van der Waals surface area contributed by atoms with Crippen LogP contribution < -0.4 is 5.32 Å². The molecule has 0 unspecified atom stereocenters. The molecule has 3 nitrogen and oxygen atoms in total. The summed E-state index contributed by atoms with van der Waals surface area (Å²) in [5, 5.41) is 4.42. The molecular weight excluding hydrogens is 422 g/mol. The Labute approximate surface area is 204 Å². The van der Waals surface area contributed by atoms with E-state index in [4.69, 9.17) is 12.2 Å². The van der Waals surface area contributed by atoms with Gasteiger partial charge < -0.3 is 14.8 Å². The van der Waals surface area contributed by atoms with Crippen LogP contribution in [-0.2, 0) is 13.1 Å². The van der Waals surface area contributed by atoms with E-state index in [1.165, 1.54) is 66.5 Å². The average molecular weight is 460 g/mol. The van der Waals surface area contributed by atoms with E-state index >= 15 is 0 Å². The zero-order valence-corrected chi connectivity index (χ0v) is 21.1. The van der Waals surface area contributed by atoms with Gasteiger partial charge in [-0.2, -0.15) is 0 Å². The van der Waals surface area contributed by atoms with Gasteiger partial charge in [-0.15, -0.1) is 0 Å². The predicted molar refractivity (Wildman–Crippen MR) is 144 cm³/mol. The summed E-state index contributed by atoms with van der Waals surface area (Å²) in [4.78, 5) is 2.46. The van der Waals surface area contributed by atoms with Crippen LogP contribution in [-0.4, -0.2) is 20.6 Å². The molecule has 3 aromatic rings. The summed E-state index contributed by atoms with van der Waals surface area (Å²) in [5.41, 5.74) is 7.68. The Balaban J connectivity index is 1.57. The van der Waals surface area contributed by atoms with Gasteiger partial charge in [0.2, 0.25) is 0 Å². The van der Waals surface area contributed by atoms with Crippen molar-refractivity contribution in [1.82, 2.24) is 9.47 Å². The molecule has 1 saturated carbocycles. The number of hydrogen-bond donors (Lipinski definition) is 1. The van der Waals surface area contributed by atoms with E-state index in [-0.39, 0.29) is 0 Å². The number of nitrogens with one attached hydrogen (secondary N) is 1. The highest BCUT2D eigenvalue weighted by Gasteiger charge is 2.24. The van der Waals surface area contributed by atoms with Crippen LogP contribution in [0.25, 0.3) is 0 Å². The molecule has 1 aromatic heterocycles. The fourth-order valence-electron chi connectivity index (χ4n) is 4.96. The fraction of sp³-hybridized carbons (Fsp3) is 0.414. The molecule has 0 saturated heterocycles. The summed E-state index contributed by atoms with van der Waals surface area (Å²) in [6, 6.07) is 20.1. The first-order valence-corrected chi connectivity index (χ1v) is 12.8. The number of para-hydroxylation sites is 1. The highest BCUT2D eigenvalue weighted by atomic mass is 32.1. The van der Waals surface area contributed by atoms with Crippen molar-refractivity contribution < 1.29 is 0 Å². The number of hydrogen-bond acceptors (Lipinski definition) is 1. The van der Waals surface area contributed by atoms with Crippen LogP contribution in [0.3, 0.4) is 0 Å². The number of aryl methyl sites for hydroxylation is 3. The highest BCUT2D eigenvalue weighted by molar-refractivity contribution is 7.80. The molecule has 1 fully saturated rings. The first kappa shape index (κ1) is 23.6. The molecule has 1 aliphatic carbocycles. The zero-order chi connectivity index (χ0) is 23.2. The third-order valence-electron chi connectivity index (χ3n) is 7.01. The van der Waals surface area contributed by atoms with Gasteiger partial charge in [0.15, 0.2) is 5.11 Å². The molecule has 1 heterocycles. The Kier molecular flexibility index (Phi) is 7.87. The molecule has 0 bridgehead atoms. The second kappa shape index (κ2) is 11.0. The van der Waals surface area contributed by atoms with Gasteiger partial charge in [0, 0.05) is 30.2 Å². The molecule has 33 heavy (non-hydrogen) atoms. The molecule has 174 valence electrons. The molecule has 0 atom stereocenters. The van der Waals surface area contributed by atoms with Crippen LogP contribution >= 0.6 is 12.2 Å². The smallest absolute Gasteiger partial charge is 0.174 e. The summed E-state index contributed by atoms with van der Waals surface area (Å²) >= 11 is 6.03. The average Bonchev–Trinajstić information content (AvgIpc) is 3.05. The number of thiocarbonyl (C=S) groups is 1. The third kappa shape index (κ3) is 6.05. The summed E-state index contributed by atoms with van der Waals surface area (Å²) < 4.78 is 2.39. The molecular formula is C29H37N3S. The Bertz CT molecular complexity index is 1080. The lowest BCUT2D eigenvalue weighted by Gasteiger charge is -2.34. The van der Waals surface area contributed by atoms with Gasteiger partial charge in [-0.3, -0.25) is 0 Å². The number of rotatable bonds is 6. The Morgan fingerprint density at radius 3 is 2.42 bits per heavy atom. The standard InChI is InChI=1S/C29H37N3S/c1-22-16-17-25(24(3)19-22)20-31-18-10-14-27(31)21-32(26-12-6-4-5-7-13-26)29(33)30-28-15-9-8-11-23(28)2/h8-11,14-19,26H,4-7,12-13,20-21H2,1-3H3,(H,30,33). The second-order valence-corrected chi connectivity index (χ2v) is 9.96. The Morgan fingerprint density at radius 2 is 1.70 bits per heavy atom. The van der Waals surface area contributed by atoms with Crippen LogP contribution in [0.5, 0.6) is 0 Å². The van der Waals surface area contributed by atoms with Gasteiger partial charge in [0.25, 0.3) is 0 Å². The van der Waals surface area contributed by atoms with Crippen molar-refractivity contribution in [2.24, 2.45) is 0 Å². The lowest BCUT2D eigenvalue weighted by atomic mass is 10.1. The van der Waals surface area contributed by atoms with Crippen molar-refractivity contribution in [1.29, 1.82) is 0 Å². The summed E-state index contributed by atoms with van der Waals surface area (Å²) in [6.07, 6.45) is 9.89. The van der Waals surface area contributed by atoms with Gasteiger partial charge in [0.1, 0.15) is 0 Å². The number of anilines is 1. The minimum atomic E-state index is 0.487. The maximum Gasteiger partial charge on any atom is 0.174 e. The Hall–Kier alpha value is -2.59. The van der Waals surface area contributed by atoms with Gasteiger partial charge >= 0.3 is 0 Å². The zero-order valence-electron chi connectivity index (χ0n) is 20.3. The lowest BCUT2D eigenvalue weighted by molar-refractivity contribution is 0.274. The molecule has 2 aromatic carbocycles. The Morgan fingerprint density at radius 1 is 0.939 bits per heavy atom. The van der Waals surface area contributed by atoms with Crippen molar-refractivity contribution >= 4 is 23.0 Å². The lowest BCUT2D eigenvalue weighted by Crippen LogP contribution is -2.42. The maximum atomic E-state index is 6.03. The quantitative estimate of drug-likeness (QED) is 0.307. The minimum Gasteiger partial charge on any atom is -0.345 e. The van der Waals surface area contributed by atoms with Gasteiger partial charge in [-0.05, 0) is 80.7 Å². The van der Waals surface area contributed by atoms with Crippen LogP contribution in [0.1, 0.15) is 66.5 Å². The third-order valence-corrected chi connectivity index (χ3v) is 7.34. The molecule has 4 rings (SSSR count). The molecule has 1 N–H and O–H groups in total. The van der Waals surface area contributed by atoms with E-state index in [1.807, 2.05) is 0 Å². The van der Waals surface area contributed by atoms with Crippen molar-refractivity contribution in [2.75, 3.05) is 5.32 Å². The van der Waals surface area contributed by atoms with E-state index in [9.17, 15) is 0 Å². The van der Waals surface area contributed by atoms with E-state index < -0.39 is 0 Å². The van der Waals surface area contributed by atoms with Gasteiger partial charge in [0.05, 0.1) is 6.54 Å². The van der Waals surface area contributed by atoms with E-state index in [1.54, 1.807) is 0 Å². The molecule has 0 spiro atoms. The molecule has 4 heteroatoms. The number of nitrogens with zero attached hydrogens (tertiary/aromatic N) is 2. The second-order valence-electron chi connectivity index (χ2n) is 9.58. The number of aromatic nitrogens is 1. The maximum absolute atomic E-state index is 6.03. The largest absolute Gasteiger partial charge is 0.345 e. The normalized spacial score (nSPS) is 14.6.